The Kier molecular flexibility index (Phi) is 51.5. The molecule has 0 radical (unpaired) electrons. The quantitative estimate of drug-likeness (QED) is 0.0343. The second kappa shape index (κ2) is 52.8. The Balaban J connectivity index is 4.22. The Bertz CT molecular complexity index is 1010. The molecule has 0 aromatic carbocycles. The lowest BCUT2D eigenvalue weighted by Crippen LogP contribution is -2.30. The monoisotopic (exact) mass is 933 g/mol. The van der Waals surface area contributed by atoms with Gasteiger partial charge in [0.1, 0.15) is 13.2 Å². The summed E-state index contributed by atoms with van der Waals surface area (Å²) in [6.45, 7) is 11.5. The number of ether oxygens (including phenoxy) is 3. The summed E-state index contributed by atoms with van der Waals surface area (Å²) in [4.78, 5) is 38.1. The zero-order valence-corrected chi connectivity index (χ0v) is 45.3. The van der Waals surface area contributed by atoms with E-state index in [1.54, 1.807) is 0 Å². The SMILES string of the molecule is CCCCCCCCCCCCCCC(=O)O[C@@H](COC(=O)CCCCCCCCCCCCCCCCCCCCC(C)CC)COC(=O)CCCCCCCCCCCCC(C)CC. The molecule has 0 aliphatic heterocycles. The first-order valence-electron chi connectivity index (χ1n) is 29.8. The molecule has 0 N–H and O–H groups in total. The lowest BCUT2D eigenvalue weighted by molar-refractivity contribution is -0.167. The zero-order valence-electron chi connectivity index (χ0n) is 45.3. The molecule has 0 saturated heterocycles. The highest BCUT2D eigenvalue weighted by Crippen LogP contribution is 2.19. The third-order valence-corrected chi connectivity index (χ3v) is 14.4. The topological polar surface area (TPSA) is 78.9 Å². The van der Waals surface area contributed by atoms with Gasteiger partial charge < -0.3 is 14.2 Å². The fraction of sp³-hybridized carbons (Fsp3) is 0.950. The van der Waals surface area contributed by atoms with Crippen LogP contribution >= 0.6 is 0 Å². The van der Waals surface area contributed by atoms with E-state index in [9.17, 15) is 14.4 Å². The molecule has 0 rings (SSSR count). The third kappa shape index (κ3) is 50.3. The van der Waals surface area contributed by atoms with E-state index in [1.807, 2.05) is 0 Å². The average Bonchev–Trinajstić information content (AvgIpc) is 3.32. The zero-order chi connectivity index (χ0) is 48.2. The van der Waals surface area contributed by atoms with Crippen LogP contribution in [0.1, 0.15) is 336 Å². The van der Waals surface area contributed by atoms with Crippen LogP contribution in [0.25, 0.3) is 0 Å². The van der Waals surface area contributed by atoms with Crippen molar-refractivity contribution in [2.45, 2.75) is 343 Å². The first-order chi connectivity index (χ1) is 32.3. The van der Waals surface area contributed by atoms with E-state index in [4.69, 9.17) is 14.2 Å². The van der Waals surface area contributed by atoms with Crippen molar-refractivity contribution in [3.8, 4) is 0 Å². The molecule has 0 spiro atoms. The molecular formula is C60H116O6. The summed E-state index contributed by atoms with van der Waals surface area (Å²) in [5.41, 5.74) is 0. The van der Waals surface area contributed by atoms with E-state index in [1.165, 1.54) is 225 Å². The van der Waals surface area contributed by atoms with Crippen molar-refractivity contribution in [2.75, 3.05) is 13.2 Å². The normalized spacial score (nSPS) is 12.9. The minimum absolute atomic E-state index is 0.0626. The predicted octanol–water partition coefficient (Wildman–Crippen LogP) is 19.7. The van der Waals surface area contributed by atoms with E-state index >= 15 is 0 Å². The van der Waals surface area contributed by atoms with Crippen LogP contribution in [0.15, 0.2) is 0 Å². The third-order valence-electron chi connectivity index (χ3n) is 14.4. The van der Waals surface area contributed by atoms with Crippen molar-refractivity contribution in [1.29, 1.82) is 0 Å². The molecule has 0 heterocycles. The van der Waals surface area contributed by atoms with E-state index in [2.05, 4.69) is 34.6 Å². The van der Waals surface area contributed by atoms with Gasteiger partial charge in [0.05, 0.1) is 0 Å². The maximum Gasteiger partial charge on any atom is 0.306 e. The van der Waals surface area contributed by atoms with Crippen LogP contribution in [0, 0.1) is 11.8 Å². The van der Waals surface area contributed by atoms with Crippen molar-refractivity contribution < 1.29 is 28.6 Å². The highest BCUT2D eigenvalue weighted by atomic mass is 16.6. The maximum atomic E-state index is 12.8. The Morgan fingerprint density at radius 3 is 0.788 bits per heavy atom. The summed E-state index contributed by atoms with van der Waals surface area (Å²) in [5.74, 6) is 0.941. The summed E-state index contributed by atoms with van der Waals surface area (Å²) in [6.07, 6.45) is 56.6. The molecule has 392 valence electrons. The summed E-state index contributed by atoms with van der Waals surface area (Å²) in [6, 6.07) is 0. The maximum absolute atomic E-state index is 12.8. The summed E-state index contributed by atoms with van der Waals surface area (Å²) >= 11 is 0. The highest BCUT2D eigenvalue weighted by molar-refractivity contribution is 5.71. The van der Waals surface area contributed by atoms with Gasteiger partial charge >= 0.3 is 17.9 Å². The van der Waals surface area contributed by atoms with Crippen LogP contribution in [0.4, 0.5) is 0 Å². The Morgan fingerprint density at radius 2 is 0.530 bits per heavy atom. The van der Waals surface area contributed by atoms with Crippen molar-refractivity contribution >= 4 is 17.9 Å². The van der Waals surface area contributed by atoms with Gasteiger partial charge in [-0.05, 0) is 31.1 Å². The second-order valence-electron chi connectivity index (χ2n) is 21.1. The number of carbonyl (C=O) groups excluding carboxylic acids is 3. The fourth-order valence-electron chi connectivity index (χ4n) is 9.16. The van der Waals surface area contributed by atoms with Gasteiger partial charge in [0.15, 0.2) is 6.10 Å². The van der Waals surface area contributed by atoms with E-state index in [0.29, 0.717) is 19.3 Å². The number of esters is 3. The molecule has 0 bridgehead atoms. The molecule has 0 amide bonds. The Labute approximate surface area is 412 Å². The van der Waals surface area contributed by atoms with Crippen molar-refractivity contribution in [3.63, 3.8) is 0 Å². The van der Waals surface area contributed by atoms with Crippen LogP contribution in [0.3, 0.4) is 0 Å². The molecule has 0 aromatic heterocycles. The first kappa shape index (κ1) is 64.4. The van der Waals surface area contributed by atoms with Gasteiger partial charge in [-0.1, -0.05) is 298 Å². The van der Waals surface area contributed by atoms with E-state index < -0.39 is 6.10 Å². The van der Waals surface area contributed by atoms with Crippen molar-refractivity contribution in [3.05, 3.63) is 0 Å². The largest absolute Gasteiger partial charge is 0.462 e. The van der Waals surface area contributed by atoms with Crippen molar-refractivity contribution in [2.24, 2.45) is 11.8 Å². The van der Waals surface area contributed by atoms with Crippen LogP contribution in [0.5, 0.6) is 0 Å². The molecule has 66 heavy (non-hydrogen) atoms. The van der Waals surface area contributed by atoms with Crippen LogP contribution < -0.4 is 0 Å². The number of hydrogen-bond donors (Lipinski definition) is 0. The number of carbonyl (C=O) groups is 3. The molecule has 0 saturated carbocycles. The van der Waals surface area contributed by atoms with Crippen LogP contribution in [-0.4, -0.2) is 37.2 Å². The molecule has 6 heteroatoms. The molecule has 0 fully saturated rings. The Hall–Kier alpha value is -1.59. The molecule has 0 aliphatic rings. The summed E-state index contributed by atoms with van der Waals surface area (Å²) < 4.78 is 16.9. The lowest BCUT2D eigenvalue weighted by atomic mass is 9.99. The van der Waals surface area contributed by atoms with Gasteiger partial charge in [0, 0.05) is 19.3 Å². The minimum Gasteiger partial charge on any atom is -0.462 e. The fourth-order valence-corrected chi connectivity index (χ4v) is 9.16. The lowest BCUT2D eigenvalue weighted by Gasteiger charge is -2.18. The number of hydrogen-bond acceptors (Lipinski definition) is 6. The minimum atomic E-state index is -0.762. The summed E-state index contributed by atoms with van der Waals surface area (Å²) in [5, 5.41) is 0. The predicted molar refractivity (Wildman–Crippen MR) is 284 cm³/mol. The number of unbranched alkanes of at least 4 members (excludes halogenated alkanes) is 37. The van der Waals surface area contributed by atoms with Crippen LogP contribution in [0.2, 0.25) is 0 Å². The van der Waals surface area contributed by atoms with Gasteiger partial charge in [-0.25, -0.2) is 0 Å². The van der Waals surface area contributed by atoms with Crippen LogP contribution in [-0.2, 0) is 28.6 Å². The first-order valence-corrected chi connectivity index (χ1v) is 29.8. The Morgan fingerprint density at radius 1 is 0.303 bits per heavy atom. The van der Waals surface area contributed by atoms with E-state index in [0.717, 1.165) is 69.6 Å². The van der Waals surface area contributed by atoms with Gasteiger partial charge in [0.2, 0.25) is 0 Å². The van der Waals surface area contributed by atoms with Gasteiger partial charge in [-0.3, -0.25) is 14.4 Å². The van der Waals surface area contributed by atoms with E-state index in [-0.39, 0.29) is 31.1 Å². The molecule has 0 aromatic rings. The smallest absolute Gasteiger partial charge is 0.306 e. The van der Waals surface area contributed by atoms with Crippen molar-refractivity contribution in [1.82, 2.24) is 0 Å². The van der Waals surface area contributed by atoms with Gasteiger partial charge in [0.25, 0.3) is 0 Å². The molecule has 6 nitrogen and oxygen atoms in total. The number of rotatable bonds is 54. The molecule has 0 aliphatic carbocycles. The molecule has 2 unspecified atom stereocenters. The summed E-state index contributed by atoms with van der Waals surface area (Å²) in [7, 11) is 0. The second-order valence-corrected chi connectivity index (χ2v) is 21.1. The molecule has 3 atom stereocenters. The van der Waals surface area contributed by atoms with Gasteiger partial charge in [-0.15, -0.1) is 0 Å². The standard InChI is InChI=1S/C60H116O6/c1-6-9-10-11-12-13-14-24-32-37-42-47-52-60(63)66-57(54-65-59(62)51-46-41-36-31-27-26-29-34-39-44-49-56(5)8-3)53-64-58(61)50-45-40-35-30-25-22-20-18-16-15-17-19-21-23-28-33-38-43-48-55(4)7-2/h55-57H,6-54H2,1-5H3/t55?,56?,57-/m0/s1. The molecular weight excluding hydrogens is 817 g/mol. The van der Waals surface area contributed by atoms with Gasteiger partial charge in [-0.2, -0.15) is 0 Å². The average molecular weight is 934 g/mol. The highest BCUT2D eigenvalue weighted by Gasteiger charge is 2.19.